The van der Waals surface area contributed by atoms with Crippen molar-refractivity contribution < 1.29 is 22.7 Å². The second-order valence-corrected chi connectivity index (χ2v) is 8.38. The number of alkyl halides is 3. The van der Waals surface area contributed by atoms with Crippen LogP contribution in [0.5, 0.6) is 0 Å². The molecular formula is C18H25F3N4O2. The zero-order valence-electron chi connectivity index (χ0n) is 15.8. The summed E-state index contributed by atoms with van der Waals surface area (Å²) < 4.78 is 44.0. The van der Waals surface area contributed by atoms with Crippen molar-refractivity contribution in [3.8, 4) is 0 Å². The molecule has 2 fully saturated rings. The molecule has 27 heavy (non-hydrogen) atoms. The molecule has 2 aliphatic heterocycles. The van der Waals surface area contributed by atoms with E-state index in [-0.39, 0.29) is 11.5 Å². The predicted molar refractivity (Wildman–Crippen MR) is 93.3 cm³/mol. The Hall–Kier alpha value is -2.06. The van der Waals surface area contributed by atoms with Crippen molar-refractivity contribution >= 4 is 11.9 Å². The van der Waals surface area contributed by atoms with E-state index in [1.165, 1.54) is 6.07 Å². The number of aromatic nitrogens is 2. The summed E-state index contributed by atoms with van der Waals surface area (Å²) in [5.74, 6) is -0.801. The first-order valence-electron chi connectivity index (χ1n) is 9.11. The third-order valence-electron chi connectivity index (χ3n) is 5.13. The minimum atomic E-state index is -4.55. The van der Waals surface area contributed by atoms with Crippen LogP contribution in [0.15, 0.2) is 12.3 Å². The molecule has 1 spiro atoms. The zero-order chi connectivity index (χ0) is 19.9. The van der Waals surface area contributed by atoms with E-state index in [2.05, 4.69) is 9.97 Å². The van der Waals surface area contributed by atoms with Gasteiger partial charge in [0.05, 0.1) is 0 Å². The first-order chi connectivity index (χ1) is 12.5. The van der Waals surface area contributed by atoms with Gasteiger partial charge in [0, 0.05) is 32.4 Å². The Balaban J connectivity index is 1.61. The van der Waals surface area contributed by atoms with Gasteiger partial charge in [-0.25, -0.2) is 14.8 Å². The summed E-state index contributed by atoms with van der Waals surface area (Å²) in [5, 5.41) is 0. The molecular weight excluding hydrogens is 361 g/mol. The summed E-state index contributed by atoms with van der Waals surface area (Å²) in [6, 6.07) is 1.52. The van der Waals surface area contributed by atoms with Gasteiger partial charge in [0.15, 0.2) is 0 Å². The van der Waals surface area contributed by atoms with Crippen molar-refractivity contribution in [2.75, 3.05) is 31.1 Å². The lowest BCUT2D eigenvalue weighted by molar-refractivity contribution is -0.144. The molecule has 0 aromatic carbocycles. The zero-order valence-corrected chi connectivity index (χ0v) is 15.8. The Morgan fingerprint density at radius 2 is 1.78 bits per heavy atom. The van der Waals surface area contributed by atoms with Crippen LogP contribution in [0.4, 0.5) is 23.8 Å². The molecule has 0 atom stereocenters. The number of halogens is 3. The molecule has 3 rings (SSSR count). The second kappa shape index (κ2) is 6.83. The number of likely N-dealkylation sites (tertiary alicyclic amines) is 1. The van der Waals surface area contributed by atoms with E-state index in [0.717, 1.165) is 25.5 Å². The molecule has 2 aliphatic rings. The summed E-state index contributed by atoms with van der Waals surface area (Å²) in [5.41, 5.74) is -0.526. The van der Waals surface area contributed by atoms with Crippen molar-refractivity contribution in [2.45, 2.75) is 51.8 Å². The highest BCUT2D eigenvalue weighted by Gasteiger charge is 2.43. The van der Waals surface area contributed by atoms with Gasteiger partial charge in [0.1, 0.15) is 11.4 Å². The summed E-state index contributed by atoms with van der Waals surface area (Å²) in [6.45, 7) is 8.00. The Morgan fingerprint density at radius 1 is 1.15 bits per heavy atom. The van der Waals surface area contributed by atoms with Crippen LogP contribution in [-0.4, -0.2) is 52.7 Å². The highest BCUT2D eigenvalue weighted by molar-refractivity contribution is 5.68. The fourth-order valence-corrected chi connectivity index (χ4v) is 3.69. The molecule has 0 bridgehead atoms. The molecule has 1 aromatic rings. The molecule has 1 aromatic heterocycles. The van der Waals surface area contributed by atoms with Gasteiger partial charge >= 0.3 is 12.3 Å². The summed E-state index contributed by atoms with van der Waals surface area (Å²) in [7, 11) is 0. The van der Waals surface area contributed by atoms with Crippen LogP contribution >= 0.6 is 0 Å². The lowest BCUT2D eigenvalue weighted by atomic mass is 9.78. The standard InChI is InChI=1S/C18H25F3N4O2/c1-16(2,3)27-15(26)24-9-5-17(6-10-24)7-11-25(12-17)13-4-8-22-14(23-13)18(19,20)21/h4,8H,5-7,9-12H2,1-3H3. The van der Waals surface area contributed by atoms with Crippen molar-refractivity contribution in [2.24, 2.45) is 5.41 Å². The average molecular weight is 386 g/mol. The van der Waals surface area contributed by atoms with Crippen molar-refractivity contribution in [1.29, 1.82) is 0 Å². The summed E-state index contributed by atoms with van der Waals surface area (Å²) in [4.78, 5) is 22.8. The summed E-state index contributed by atoms with van der Waals surface area (Å²) in [6.07, 6.45) is -1.22. The van der Waals surface area contributed by atoms with Gasteiger partial charge in [-0.15, -0.1) is 0 Å². The number of ether oxygens (including phenoxy) is 1. The molecule has 6 nitrogen and oxygen atoms in total. The van der Waals surface area contributed by atoms with Crippen LogP contribution in [0.25, 0.3) is 0 Å². The Morgan fingerprint density at radius 3 is 2.37 bits per heavy atom. The smallest absolute Gasteiger partial charge is 0.444 e. The molecule has 0 saturated carbocycles. The molecule has 9 heteroatoms. The number of hydrogen-bond donors (Lipinski definition) is 0. The van der Waals surface area contributed by atoms with Crippen molar-refractivity contribution in [3.63, 3.8) is 0 Å². The van der Waals surface area contributed by atoms with Crippen LogP contribution in [-0.2, 0) is 10.9 Å². The second-order valence-electron chi connectivity index (χ2n) is 8.38. The van der Waals surface area contributed by atoms with Gasteiger partial charge in [0.2, 0.25) is 5.82 Å². The Bertz CT molecular complexity index is 695. The van der Waals surface area contributed by atoms with Gasteiger partial charge in [-0.2, -0.15) is 13.2 Å². The quantitative estimate of drug-likeness (QED) is 0.736. The molecule has 3 heterocycles. The maximum absolute atomic E-state index is 12.8. The highest BCUT2D eigenvalue weighted by Crippen LogP contribution is 2.42. The third kappa shape index (κ3) is 4.62. The summed E-state index contributed by atoms with van der Waals surface area (Å²) >= 11 is 0. The average Bonchev–Trinajstić information content (AvgIpc) is 2.97. The normalized spacial score (nSPS) is 20.2. The largest absolute Gasteiger partial charge is 0.451 e. The maximum Gasteiger partial charge on any atom is 0.451 e. The molecule has 150 valence electrons. The minimum Gasteiger partial charge on any atom is -0.444 e. The van der Waals surface area contributed by atoms with Crippen molar-refractivity contribution in [1.82, 2.24) is 14.9 Å². The van der Waals surface area contributed by atoms with Gasteiger partial charge in [-0.3, -0.25) is 0 Å². The number of carbonyl (C=O) groups is 1. The van der Waals surface area contributed by atoms with Crippen molar-refractivity contribution in [3.05, 3.63) is 18.1 Å². The van der Waals surface area contributed by atoms with E-state index >= 15 is 0 Å². The molecule has 0 radical (unpaired) electrons. The minimum absolute atomic E-state index is 0.00184. The van der Waals surface area contributed by atoms with E-state index in [1.54, 1.807) is 4.90 Å². The molecule has 0 unspecified atom stereocenters. The topological polar surface area (TPSA) is 58.6 Å². The lowest BCUT2D eigenvalue weighted by Crippen LogP contribution is -2.46. The van der Waals surface area contributed by atoms with Crippen LogP contribution < -0.4 is 4.90 Å². The van der Waals surface area contributed by atoms with E-state index in [4.69, 9.17) is 4.74 Å². The Kier molecular flexibility index (Phi) is 4.98. The number of rotatable bonds is 1. The number of amides is 1. The Labute approximate surface area is 156 Å². The van der Waals surface area contributed by atoms with Crippen LogP contribution in [0.1, 0.15) is 45.9 Å². The number of carbonyl (C=O) groups excluding carboxylic acids is 1. The fraction of sp³-hybridized carbons (Fsp3) is 0.722. The maximum atomic E-state index is 12.8. The molecule has 0 N–H and O–H groups in total. The van der Waals surface area contributed by atoms with E-state index in [0.29, 0.717) is 32.0 Å². The van der Waals surface area contributed by atoms with Gasteiger partial charge in [0.25, 0.3) is 0 Å². The van der Waals surface area contributed by atoms with E-state index < -0.39 is 17.6 Å². The molecule has 0 aliphatic carbocycles. The molecule has 2 saturated heterocycles. The number of anilines is 1. The monoisotopic (exact) mass is 386 g/mol. The first-order valence-corrected chi connectivity index (χ1v) is 9.11. The van der Waals surface area contributed by atoms with E-state index in [9.17, 15) is 18.0 Å². The molecule has 1 amide bonds. The van der Waals surface area contributed by atoms with E-state index in [1.807, 2.05) is 25.7 Å². The van der Waals surface area contributed by atoms with Gasteiger partial charge < -0.3 is 14.5 Å². The lowest BCUT2D eigenvalue weighted by Gasteiger charge is -2.39. The number of hydrogen-bond acceptors (Lipinski definition) is 5. The number of piperidine rings is 1. The van der Waals surface area contributed by atoms with Gasteiger partial charge in [-0.1, -0.05) is 0 Å². The SMILES string of the molecule is CC(C)(C)OC(=O)N1CCC2(CC1)CCN(c1ccnc(C(F)(F)F)n1)C2. The number of nitrogens with zero attached hydrogens (tertiary/aromatic N) is 4. The first kappa shape index (κ1) is 19.7. The van der Waals surface area contributed by atoms with Crippen LogP contribution in [0.3, 0.4) is 0 Å². The highest BCUT2D eigenvalue weighted by atomic mass is 19.4. The third-order valence-corrected chi connectivity index (χ3v) is 5.13. The van der Waals surface area contributed by atoms with Crippen LogP contribution in [0.2, 0.25) is 0 Å². The predicted octanol–water partition coefficient (Wildman–Crippen LogP) is 3.72. The van der Waals surface area contributed by atoms with Crippen LogP contribution in [0, 0.1) is 5.41 Å². The van der Waals surface area contributed by atoms with Gasteiger partial charge in [-0.05, 0) is 51.5 Å². The fourth-order valence-electron chi connectivity index (χ4n) is 3.69.